The van der Waals surface area contributed by atoms with E-state index in [1.54, 1.807) is 0 Å². The average Bonchev–Trinajstić information content (AvgIpc) is 1.69. The van der Waals surface area contributed by atoms with Crippen molar-refractivity contribution in [2.24, 2.45) is 0 Å². The van der Waals surface area contributed by atoms with E-state index < -0.39 is 0 Å². The molecule has 1 heterocycles. The monoisotopic (exact) mass is 102 g/mol. The van der Waals surface area contributed by atoms with E-state index >= 15 is 0 Å². The number of nitrogens with one attached hydrogen (secondary N) is 1. The summed E-state index contributed by atoms with van der Waals surface area (Å²) in [5.41, 5.74) is 2.76. The number of nitrogens with zero attached hydrogens (tertiary/aromatic N) is 1. The SMILES string of the molecule is CN1CCONC1. The van der Waals surface area contributed by atoms with E-state index in [-0.39, 0.29) is 0 Å². The summed E-state index contributed by atoms with van der Waals surface area (Å²) in [4.78, 5) is 7.00. The van der Waals surface area contributed by atoms with Crippen LogP contribution >= 0.6 is 0 Å². The Morgan fingerprint density at radius 3 is 2.86 bits per heavy atom. The highest BCUT2D eigenvalue weighted by Gasteiger charge is 2.01. The summed E-state index contributed by atoms with van der Waals surface area (Å²) in [6.07, 6.45) is 0. The van der Waals surface area contributed by atoms with E-state index in [9.17, 15) is 0 Å². The van der Waals surface area contributed by atoms with Gasteiger partial charge in [-0.3, -0.25) is 9.74 Å². The summed E-state index contributed by atoms with van der Waals surface area (Å²) >= 11 is 0. The highest BCUT2D eigenvalue weighted by atomic mass is 16.6. The Balaban J connectivity index is 2.12. The van der Waals surface area contributed by atoms with Gasteiger partial charge in [-0.2, -0.15) is 5.48 Å². The molecule has 42 valence electrons. The number of likely N-dealkylation sites (N-methyl/N-ethyl adjacent to an activating group) is 1. The molecule has 0 radical (unpaired) electrons. The van der Waals surface area contributed by atoms with Crippen molar-refractivity contribution in [3.05, 3.63) is 0 Å². The van der Waals surface area contributed by atoms with E-state index in [4.69, 9.17) is 4.84 Å². The van der Waals surface area contributed by atoms with Crippen LogP contribution < -0.4 is 5.48 Å². The second kappa shape index (κ2) is 2.26. The first-order chi connectivity index (χ1) is 3.39. The number of hydrogen-bond donors (Lipinski definition) is 1. The molecule has 0 aromatic rings. The van der Waals surface area contributed by atoms with Crippen molar-refractivity contribution in [2.75, 3.05) is 26.9 Å². The highest BCUT2D eigenvalue weighted by Crippen LogP contribution is 1.84. The van der Waals surface area contributed by atoms with Gasteiger partial charge in [-0.1, -0.05) is 0 Å². The second-order valence-corrected chi connectivity index (χ2v) is 1.73. The largest absolute Gasteiger partial charge is 0.299 e. The smallest absolute Gasteiger partial charge is 0.0810 e. The highest BCUT2D eigenvalue weighted by molar-refractivity contribution is 4.47. The van der Waals surface area contributed by atoms with E-state index in [1.807, 2.05) is 0 Å². The molecule has 3 heteroatoms. The molecule has 0 atom stereocenters. The summed E-state index contributed by atoms with van der Waals surface area (Å²) in [5.74, 6) is 0. The summed E-state index contributed by atoms with van der Waals surface area (Å²) in [6.45, 7) is 2.68. The number of rotatable bonds is 0. The quantitative estimate of drug-likeness (QED) is 0.442. The molecule has 1 fully saturated rings. The predicted molar refractivity (Wildman–Crippen MR) is 26.6 cm³/mol. The van der Waals surface area contributed by atoms with Gasteiger partial charge in [0.1, 0.15) is 0 Å². The van der Waals surface area contributed by atoms with Crippen LogP contribution in [0, 0.1) is 0 Å². The van der Waals surface area contributed by atoms with Crippen LogP contribution in [0.3, 0.4) is 0 Å². The maximum Gasteiger partial charge on any atom is 0.0810 e. The van der Waals surface area contributed by atoms with Crippen molar-refractivity contribution in [1.29, 1.82) is 0 Å². The minimum Gasteiger partial charge on any atom is -0.299 e. The fourth-order valence-corrected chi connectivity index (χ4v) is 0.509. The first kappa shape index (κ1) is 5.03. The van der Waals surface area contributed by atoms with Crippen molar-refractivity contribution in [3.8, 4) is 0 Å². The molecule has 1 rings (SSSR count). The third-order valence-electron chi connectivity index (χ3n) is 1.01. The van der Waals surface area contributed by atoms with Gasteiger partial charge in [0.15, 0.2) is 0 Å². The van der Waals surface area contributed by atoms with Crippen molar-refractivity contribution < 1.29 is 4.84 Å². The van der Waals surface area contributed by atoms with E-state index in [0.717, 1.165) is 19.8 Å². The summed E-state index contributed by atoms with van der Waals surface area (Å²) < 4.78 is 0. The van der Waals surface area contributed by atoms with Gasteiger partial charge in [0.25, 0.3) is 0 Å². The van der Waals surface area contributed by atoms with Crippen molar-refractivity contribution in [3.63, 3.8) is 0 Å². The predicted octanol–water partition coefficient (Wildman–Crippen LogP) is -0.590. The van der Waals surface area contributed by atoms with Crippen LogP contribution in [0.2, 0.25) is 0 Å². The summed E-state index contributed by atoms with van der Waals surface area (Å²) in [6, 6.07) is 0. The molecule has 0 amide bonds. The van der Waals surface area contributed by atoms with Gasteiger partial charge in [-0.15, -0.1) is 0 Å². The lowest BCUT2D eigenvalue weighted by Gasteiger charge is -2.21. The van der Waals surface area contributed by atoms with Crippen LogP contribution in [-0.2, 0) is 4.84 Å². The van der Waals surface area contributed by atoms with Gasteiger partial charge < -0.3 is 0 Å². The van der Waals surface area contributed by atoms with E-state index in [2.05, 4.69) is 17.4 Å². The van der Waals surface area contributed by atoms with Gasteiger partial charge in [0, 0.05) is 6.54 Å². The van der Waals surface area contributed by atoms with Crippen LogP contribution in [0.15, 0.2) is 0 Å². The van der Waals surface area contributed by atoms with Crippen LogP contribution in [0.1, 0.15) is 0 Å². The van der Waals surface area contributed by atoms with Gasteiger partial charge in [-0.25, -0.2) is 0 Å². The molecule has 7 heavy (non-hydrogen) atoms. The maximum absolute atomic E-state index is 4.85. The zero-order valence-corrected chi connectivity index (χ0v) is 4.48. The van der Waals surface area contributed by atoms with E-state index in [1.165, 1.54) is 0 Å². The van der Waals surface area contributed by atoms with Crippen LogP contribution in [-0.4, -0.2) is 31.8 Å². The minimum atomic E-state index is 0.802. The Kier molecular flexibility index (Phi) is 1.62. The molecule has 0 spiro atoms. The lowest BCUT2D eigenvalue weighted by Crippen LogP contribution is -2.40. The molecule has 0 unspecified atom stereocenters. The average molecular weight is 102 g/mol. The zero-order valence-electron chi connectivity index (χ0n) is 4.48. The normalized spacial score (nSPS) is 25.3. The molecule has 0 saturated carbocycles. The Hall–Kier alpha value is -0.120. The Bertz CT molecular complexity index is 51.7. The fraction of sp³-hybridized carbons (Fsp3) is 1.00. The fourth-order valence-electron chi connectivity index (χ4n) is 0.509. The molecule has 1 aliphatic rings. The van der Waals surface area contributed by atoms with Crippen LogP contribution in [0.5, 0.6) is 0 Å². The third-order valence-corrected chi connectivity index (χ3v) is 1.01. The molecule has 0 bridgehead atoms. The van der Waals surface area contributed by atoms with Crippen molar-refractivity contribution in [1.82, 2.24) is 10.4 Å². The van der Waals surface area contributed by atoms with Crippen LogP contribution in [0.25, 0.3) is 0 Å². The lowest BCUT2D eigenvalue weighted by atomic mass is 10.6. The Labute approximate surface area is 43.2 Å². The first-order valence-electron chi connectivity index (χ1n) is 2.43. The topological polar surface area (TPSA) is 24.5 Å². The van der Waals surface area contributed by atoms with Crippen LogP contribution in [0.4, 0.5) is 0 Å². The molecule has 0 aromatic carbocycles. The molecular formula is C4H10N2O. The van der Waals surface area contributed by atoms with Gasteiger partial charge in [-0.05, 0) is 7.05 Å². The Morgan fingerprint density at radius 1 is 1.71 bits per heavy atom. The molecular weight excluding hydrogens is 92.1 g/mol. The molecule has 1 N–H and O–H groups in total. The van der Waals surface area contributed by atoms with Gasteiger partial charge in [0.2, 0.25) is 0 Å². The molecule has 0 aliphatic carbocycles. The maximum atomic E-state index is 4.85. The Morgan fingerprint density at radius 2 is 2.57 bits per heavy atom. The van der Waals surface area contributed by atoms with Gasteiger partial charge in [0.05, 0.1) is 13.3 Å². The van der Waals surface area contributed by atoms with Crippen molar-refractivity contribution in [2.45, 2.75) is 0 Å². The number of hydroxylamine groups is 1. The third kappa shape index (κ3) is 1.43. The molecule has 0 aromatic heterocycles. The van der Waals surface area contributed by atoms with Crippen molar-refractivity contribution >= 4 is 0 Å². The first-order valence-corrected chi connectivity index (χ1v) is 2.43. The second-order valence-electron chi connectivity index (χ2n) is 1.73. The lowest BCUT2D eigenvalue weighted by molar-refractivity contribution is -0.0364. The zero-order chi connectivity index (χ0) is 5.11. The summed E-state index contributed by atoms with van der Waals surface area (Å²) in [7, 11) is 2.05. The summed E-state index contributed by atoms with van der Waals surface area (Å²) in [5, 5.41) is 0. The molecule has 1 aliphatic heterocycles. The van der Waals surface area contributed by atoms with E-state index in [0.29, 0.717) is 0 Å². The molecule has 1 saturated heterocycles. The standard InChI is InChI=1S/C4H10N2O/c1-6-2-3-7-5-4-6/h5H,2-4H2,1H3. The minimum absolute atomic E-state index is 0.802. The molecule has 3 nitrogen and oxygen atoms in total. The number of hydrogen-bond acceptors (Lipinski definition) is 3. The van der Waals surface area contributed by atoms with Gasteiger partial charge >= 0.3 is 0 Å².